The molecule has 0 radical (unpaired) electrons. The molecule has 0 aromatic rings. The minimum atomic E-state index is -0.686. The number of nitrogens with one attached hydrogen (secondary N) is 1. The summed E-state index contributed by atoms with van der Waals surface area (Å²) in [6.07, 6.45) is 24.5. The Hall–Kier alpha value is -1.59. The predicted octanol–water partition coefficient (Wildman–Crippen LogP) is 8.36. The molecule has 1 fully saturated rings. The summed E-state index contributed by atoms with van der Waals surface area (Å²) in [6.45, 7) is 6.39. The van der Waals surface area contributed by atoms with Gasteiger partial charge >= 0.3 is 11.9 Å². The fourth-order valence-electron chi connectivity index (χ4n) is 5.47. The van der Waals surface area contributed by atoms with E-state index in [1.165, 1.54) is 77.0 Å². The lowest BCUT2D eigenvalue weighted by atomic mass is 9.81. The van der Waals surface area contributed by atoms with E-state index in [2.05, 4.69) is 5.32 Å². The number of ether oxygens (including phenoxy) is 1. The van der Waals surface area contributed by atoms with Crippen LogP contribution in [0.25, 0.3) is 0 Å². The summed E-state index contributed by atoms with van der Waals surface area (Å²) in [6, 6.07) is 0. The van der Waals surface area contributed by atoms with E-state index in [1.807, 2.05) is 20.8 Å². The first kappa shape index (κ1) is 34.4. The van der Waals surface area contributed by atoms with Crippen molar-refractivity contribution in [2.75, 3.05) is 6.54 Å². The van der Waals surface area contributed by atoms with Crippen LogP contribution in [0.1, 0.15) is 162 Å². The number of rotatable bonds is 22. The SMILES string of the molecule is CC(C)(C)OC(=O)CCCCCCCCCCCCCCCCCCC(=O)NCC1CCCC(C(=O)O)C1. The number of carbonyl (C=O) groups excluding carboxylic acids is 2. The largest absolute Gasteiger partial charge is 0.481 e. The maximum atomic E-state index is 12.1. The molecule has 6 nitrogen and oxygen atoms in total. The van der Waals surface area contributed by atoms with Crippen LogP contribution in [-0.2, 0) is 19.1 Å². The van der Waals surface area contributed by atoms with Gasteiger partial charge in [0.25, 0.3) is 0 Å². The van der Waals surface area contributed by atoms with Crippen molar-refractivity contribution in [1.29, 1.82) is 0 Å². The van der Waals surface area contributed by atoms with Crippen LogP contribution in [0.5, 0.6) is 0 Å². The topological polar surface area (TPSA) is 92.7 Å². The first-order valence-electron chi connectivity index (χ1n) is 15.9. The van der Waals surface area contributed by atoms with Crippen molar-refractivity contribution in [2.45, 2.75) is 168 Å². The molecule has 1 aliphatic rings. The molecule has 6 heteroatoms. The Morgan fingerprint density at radius 3 is 1.61 bits per heavy atom. The Bertz CT molecular complexity index is 642. The Balaban J connectivity index is 1.78. The maximum Gasteiger partial charge on any atom is 0.306 e. The molecule has 0 bridgehead atoms. The lowest BCUT2D eigenvalue weighted by molar-refractivity contribution is -0.155. The van der Waals surface area contributed by atoms with E-state index in [1.54, 1.807) is 0 Å². The average molecular weight is 538 g/mol. The molecule has 1 amide bonds. The fourth-order valence-corrected chi connectivity index (χ4v) is 5.47. The third kappa shape index (κ3) is 20.4. The minimum Gasteiger partial charge on any atom is -0.481 e. The van der Waals surface area contributed by atoms with Crippen molar-refractivity contribution in [3.8, 4) is 0 Å². The molecule has 2 unspecified atom stereocenters. The number of hydrogen-bond acceptors (Lipinski definition) is 4. The summed E-state index contributed by atoms with van der Waals surface area (Å²) in [5.41, 5.74) is -0.369. The Morgan fingerprint density at radius 2 is 1.16 bits per heavy atom. The molecule has 0 aliphatic heterocycles. The lowest BCUT2D eigenvalue weighted by Gasteiger charge is -2.26. The molecule has 38 heavy (non-hydrogen) atoms. The van der Waals surface area contributed by atoms with E-state index < -0.39 is 5.97 Å². The van der Waals surface area contributed by atoms with Crippen molar-refractivity contribution >= 4 is 17.8 Å². The third-order valence-electron chi connectivity index (χ3n) is 7.67. The summed E-state index contributed by atoms with van der Waals surface area (Å²) in [5, 5.41) is 12.2. The van der Waals surface area contributed by atoms with Gasteiger partial charge in [0.15, 0.2) is 0 Å². The van der Waals surface area contributed by atoms with Crippen molar-refractivity contribution < 1.29 is 24.2 Å². The zero-order valence-corrected chi connectivity index (χ0v) is 25.0. The molecular formula is C32H59NO5. The predicted molar refractivity (Wildman–Crippen MR) is 155 cm³/mol. The van der Waals surface area contributed by atoms with E-state index in [0.717, 1.165) is 44.9 Å². The van der Waals surface area contributed by atoms with E-state index >= 15 is 0 Å². The zero-order chi connectivity index (χ0) is 28.1. The number of carboxylic acids is 1. The van der Waals surface area contributed by atoms with Crippen molar-refractivity contribution in [3.05, 3.63) is 0 Å². The van der Waals surface area contributed by atoms with Gasteiger partial charge in [-0.05, 0) is 58.8 Å². The highest BCUT2D eigenvalue weighted by Crippen LogP contribution is 2.28. The van der Waals surface area contributed by atoms with Crippen molar-refractivity contribution in [3.63, 3.8) is 0 Å². The van der Waals surface area contributed by atoms with Crippen molar-refractivity contribution in [1.82, 2.24) is 5.32 Å². The summed E-state index contributed by atoms with van der Waals surface area (Å²) in [7, 11) is 0. The quantitative estimate of drug-likeness (QED) is 0.107. The van der Waals surface area contributed by atoms with Crippen LogP contribution >= 0.6 is 0 Å². The number of unbranched alkanes of at least 4 members (excludes halogenated alkanes) is 15. The van der Waals surface area contributed by atoms with Gasteiger partial charge in [-0.25, -0.2) is 0 Å². The summed E-state index contributed by atoms with van der Waals surface area (Å²) < 4.78 is 5.34. The minimum absolute atomic E-state index is 0.0669. The average Bonchev–Trinajstić information content (AvgIpc) is 2.85. The van der Waals surface area contributed by atoms with Crippen molar-refractivity contribution in [2.24, 2.45) is 11.8 Å². The van der Waals surface area contributed by atoms with Gasteiger partial charge in [0.2, 0.25) is 5.91 Å². The Kier molecular flexibility index (Phi) is 19.3. The standard InChI is InChI=1S/C32H59NO5/c1-32(2,3)38-30(35)24-19-17-15-13-11-9-7-5-4-6-8-10-12-14-16-18-23-29(34)33-26-27-21-20-22-28(25-27)31(36)37/h27-28H,4-26H2,1-3H3,(H,33,34)(H,36,37). The Morgan fingerprint density at radius 1 is 0.711 bits per heavy atom. The highest BCUT2D eigenvalue weighted by atomic mass is 16.6. The van der Waals surface area contributed by atoms with Crippen LogP contribution in [0.15, 0.2) is 0 Å². The molecule has 2 N–H and O–H groups in total. The van der Waals surface area contributed by atoms with Gasteiger partial charge in [-0.2, -0.15) is 0 Å². The van der Waals surface area contributed by atoms with E-state index in [4.69, 9.17) is 4.74 Å². The number of carboxylic acid groups (broad SMARTS) is 1. The smallest absolute Gasteiger partial charge is 0.306 e. The second kappa shape index (κ2) is 21.3. The monoisotopic (exact) mass is 537 g/mol. The number of esters is 1. The van der Waals surface area contributed by atoms with Crippen LogP contribution in [-0.4, -0.2) is 35.1 Å². The number of hydrogen-bond donors (Lipinski definition) is 2. The molecule has 0 aromatic heterocycles. The van der Waals surface area contributed by atoms with Crippen LogP contribution in [0.2, 0.25) is 0 Å². The molecule has 1 rings (SSSR count). The van der Waals surface area contributed by atoms with Gasteiger partial charge in [0.05, 0.1) is 5.92 Å². The third-order valence-corrected chi connectivity index (χ3v) is 7.67. The Labute approximate surface area is 233 Å². The maximum absolute atomic E-state index is 12.1. The van der Waals surface area contributed by atoms with E-state index in [-0.39, 0.29) is 23.4 Å². The highest BCUT2D eigenvalue weighted by molar-refractivity contribution is 5.75. The molecule has 0 saturated heterocycles. The first-order valence-corrected chi connectivity index (χ1v) is 15.9. The molecule has 0 spiro atoms. The van der Waals surface area contributed by atoms with Gasteiger partial charge < -0.3 is 15.2 Å². The molecule has 0 heterocycles. The van der Waals surface area contributed by atoms with Gasteiger partial charge in [-0.15, -0.1) is 0 Å². The van der Waals surface area contributed by atoms with Gasteiger partial charge in [-0.3, -0.25) is 14.4 Å². The first-order chi connectivity index (χ1) is 18.2. The molecule has 2 atom stereocenters. The van der Waals surface area contributed by atoms with E-state index in [0.29, 0.717) is 31.7 Å². The summed E-state index contributed by atoms with van der Waals surface area (Å²) in [4.78, 5) is 34.9. The fraction of sp³-hybridized carbons (Fsp3) is 0.906. The highest BCUT2D eigenvalue weighted by Gasteiger charge is 2.27. The molecule has 0 aromatic carbocycles. The zero-order valence-electron chi connectivity index (χ0n) is 25.0. The molecule has 1 aliphatic carbocycles. The summed E-state index contributed by atoms with van der Waals surface area (Å²) >= 11 is 0. The van der Waals surface area contributed by atoms with Crippen LogP contribution in [0, 0.1) is 11.8 Å². The molecular weight excluding hydrogens is 478 g/mol. The number of carbonyl (C=O) groups is 3. The second-order valence-electron chi connectivity index (χ2n) is 12.6. The van der Waals surface area contributed by atoms with Gasteiger partial charge in [0, 0.05) is 19.4 Å². The van der Waals surface area contributed by atoms with Crippen LogP contribution < -0.4 is 5.32 Å². The van der Waals surface area contributed by atoms with Gasteiger partial charge in [0.1, 0.15) is 5.60 Å². The van der Waals surface area contributed by atoms with E-state index in [9.17, 15) is 19.5 Å². The van der Waals surface area contributed by atoms with Crippen LogP contribution in [0.3, 0.4) is 0 Å². The number of aliphatic carboxylic acids is 1. The summed E-state index contributed by atoms with van der Waals surface area (Å²) in [5.74, 6) is -0.532. The lowest BCUT2D eigenvalue weighted by Crippen LogP contribution is -2.33. The number of amides is 1. The molecule has 222 valence electrons. The molecule has 1 saturated carbocycles. The second-order valence-corrected chi connectivity index (χ2v) is 12.6. The normalized spacial score (nSPS) is 17.8. The van der Waals surface area contributed by atoms with Gasteiger partial charge in [-0.1, -0.05) is 96.3 Å². The van der Waals surface area contributed by atoms with Crippen LogP contribution in [0.4, 0.5) is 0 Å².